The zero-order chi connectivity index (χ0) is 10.8. The number of nitrogens with one attached hydrogen (secondary N) is 1. The van der Waals surface area contributed by atoms with Crippen LogP contribution < -0.4 is 5.32 Å². The lowest BCUT2D eigenvalue weighted by Crippen LogP contribution is -2.27. The first-order valence-corrected chi connectivity index (χ1v) is 5.70. The summed E-state index contributed by atoms with van der Waals surface area (Å²) in [5.41, 5.74) is 3.72. The molecule has 0 aliphatic carbocycles. The van der Waals surface area contributed by atoms with Gasteiger partial charge >= 0.3 is 0 Å². The molecule has 0 aromatic heterocycles. The Morgan fingerprint density at radius 2 is 1.87 bits per heavy atom. The Morgan fingerprint density at radius 1 is 1.20 bits per heavy atom. The Labute approximate surface area is 91.3 Å². The quantitative estimate of drug-likeness (QED) is 0.738. The molecule has 2 nitrogen and oxygen atoms in total. The van der Waals surface area contributed by atoms with Crippen molar-refractivity contribution in [3.63, 3.8) is 0 Å². The molecule has 0 atom stereocenters. The molecule has 0 spiro atoms. The fourth-order valence-corrected chi connectivity index (χ4v) is 2.45. The number of hydrogen-bond acceptors (Lipinski definition) is 2. The second kappa shape index (κ2) is 4.23. The molecule has 1 aromatic rings. The average molecular weight is 205 g/mol. The van der Waals surface area contributed by atoms with E-state index in [4.69, 9.17) is 0 Å². The van der Waals surface area contributed by atoms with Crippen LogP contribution in [0, 0.1) is 13.8 Å². The van der Waals surface area contributed by atoms with Crippen LogP contribution in [-0.2, 0) is 0 Å². The van der Waals surface area contributed by atoms with Crippen LogP contribution in [0.5, 0.6) is 5.75 Å². The summed E-state index contributed by atoms with van der Waals surface area (Å²) in [6.07, 6.45) is 2.27. The van der Waals surface area contributed by atoms with Crippen LogP contribution in [0.25, 0.3) is 0 Å². The molecule has 0 amide bonds. The van der Waals surface area contributed by atoms with Crippen LogP contribution in [0.4, 0.5) is 0 Å². The molecule has 1 fully saturated rings. The van der Waals surface area contributed by atoms with E-state index < -0.39 is 0 Å². The van der Waals surface area contributed by atoms with Crippen LogP contribution >= 0.6 is 0 Å². The van der Waals surface area contributed by atoms with Gasteiger partial charge in [-0.2, -0.15) is 0 Å². The lowest BCUT2D eigenvalue weighted by Gasteiger charge is -2.25. The van der Waals surface area contributed by atoms with E-state index in [-0.39, 0.29) is 0 Å². The standard InChI is InChI=1S/C13H19NO/c1-9-3-4-12(15)13(10(9)2)11-5-7-14-8-6-11/h3-4,11,14-15H,5-8H2,1-2H3. The van der Waals surface area contributed by atoms with Crippen LogP contribution in [0.15, 0.2) is 12.1 Å². The summed E-state index contributed by atoms with van der Waals surface area (Å²) in [5.74, 6) is 1.01. The Morgan fingerprint density at radius 3 is 2.53 bits per heavy atom. The Balaban J connectivity index is 2.36. The number of aromatic hydroxyl groups is 1. The molecule has 0 bridgehead atoms. The lowest BCUT2D eigenvalue weighted by atomic mass is 9.85. The van der Waals surface area contributed by atoms with Crippen LogP contribution in [0.3, 0.4) is 0 Å². The monoisotopic (exact) mass is 205 g/mol. The SMILES string of the molecule is Cc1ccc(O)c(C2CCNCC2)c1C. The van der Waals surface area contributed by atoms with Gasteiger partial charge in [-0.3, -0.25) is 0 Å². The van der Waals surface area contributed by atoms with Crippen molar-refractivity contribution in [3.8, 4) is 5.75 Å². The van der Waals surface area contributed by atoms with Crippen molar-refractivity contribution >= 4 is 0 Å². The summed E-state index contributed by atoms with van der Waals surface area (Å²) in [6, 6.07) is 3.83. The highest BCUT2D eigenvalue weighted by molar-refractivity contribution is 5.45. The van der Waals surface area contributed by atoms with E-state index in [1.807, 2.05) is 12.1 Å². The van der Waals surface area contributed by atoms with E-state index in [1.54, 1.807) is 0 Å². The van der Waals surface area contributed by atoms with Gasteiger partial charge in [-0.15, -0.1) is 0 Å². The van der Waals surface area contributed by atoms with E-state index in [9.17, 15) is 5.11 Å². The fourth-order valence-electron chi connectivity index (χ4n) is 2.45. The number of aryl methyl sites for hydroxylation is 1. The molecule has 1 aliphatic rings. The zero-order valence-electron chi connectivity index (χ0n) is 9.51. The van der Waals surface area contributed by atoms with Crippen molar-refractivity contribution in [1.29, 1.82) is 0 Å². The number of hydrogen-bond donors (Lipinski definition) is 2. The van der Waals surface area contributed by atoms with Gasteiger partial charge in [0.2, 0.25) is 0 Å². The maximum Gasteiger partial charge on any atom is 0.119 e. The third kappa shape index (κ3) is 2.00. The first-order chi connectivity index (χ1) is 7.20. The molecular formula is C13H19NO. The highest BCUT2D eigenvalue weighted by atomic mass is 16.3. The molecule has 1 aromatic carbocycles. The first kappa shape index (κ1) is 10.5. The molecule has 2 N–H and O–H groups in total. The Bertz CT molecular complexity index is 354. The van der Waals surface area contributed by atoms with Gasteiger partial charge in [-0.05, 0) is 62.9 Å². The number of phenols is 1. The van der Waals surface area contributed by atoms with Gasteiger partial charge in [0, 0.05) is 5.56 Å². The van der Waals surface area contributed by atoms with Gasteiger partial charge in [0.25, 0.3) is 0 Å². The highest BCUT2D eigenvalue weighted by Crippen LogP contribution is 2.35. The molecule has 2 heteroatoms. The topological polar surface area (TPSA) is 32.3 Å². The lowest BCUT2D eigenvalue weighted by molar-refractivity contribution is 0.423. The first-order valence-electron chi connectivity index (χ1n) is 5.70. The zero-order valence-corrected chi connectivity index (χ0v) is 9.51. The number of rotatable bonds is 1. The van der Waals surface area contributed by atoms with E-state index in [1.165, 1.54) is 16.7 Å². The summed E-state index contributed by atoms with van der Waals surface area (Å²) in [6.45, 7) is 6.36. The predicted molar refractivity (Wildman–Crippen MR) is 62.4 cm³/mol. The average Bonchev–Trinajstić information content (AvgIpc) is 2.26. The highest BCUT2D eigenvalue weighted by Gasteiger charge is 2.20. The predicted octanol–water partition coefficient (Wildman–Crippen LogP) is 2.48. The minimum Gasteiger partial charge on any atom is -0.508 e. The number of benzene rings is 1. The molecule has 2 rings (SSSR count). The maximum absolute atomic E-state index is 9.95. The second-order valence-corrected chi connectivity index (χ2v) is 4.46. The van der Waals surface area contributed by atoms with Crippen LogP contribution in [0.1, 0.15) is 35.4 Å². The maximum atomic E-state index is 9.95. The van der Waals surface area contributed by atoms with Crippen molar-refractivity contribution in [2.75, 3.05) is 13.1 Å². The van der Waals surface area contributed by atoms with E-state index in [0.29, 0.717) is 11.7 Å². The van der Waals surface area contributed by atoms with Gasteiger partial charge in [0.15, 0.2) is 0 Å². The molecule has 1 saturated heterocycles. The summed E-state index contributed by atoms with van der Waals surface area (Å²) in [4.78, 5) is 0. The van der Waals surface area contributed by atoms with Crippen LogP contribution in [0.2, 0.25) is 0 Å². The summed E-state index contributed by atoms with van der Waals surface area (Å²) >= 11 is 0. The van der Waals surface area contributed by atoms with Gasteiger partial charge in [-0.1, -0.05) is 6.07 Å². The Kier molecular flexibility index (Phi) is 2.96. The minimum absolute atomic E-state index is 0.477. The summed E-state index contributed by atoms with van der Waals surface area (Å²) < 4.78 is 0. The molecule has 15 heavy (non-hydrogen) atoms. The Hall–Kier alpha value is -1.02. The molecule has 0 radical (unpaired) electrons. The van der Waals surface area contributed by atoms with Crippen molar-refractivity contribution < 1.29 is 5.11 Å². The smallest absolute Gasteiger partial charge is 0.119 e. The van der Waals surface area contributed by atoms with Gasteiger partial charge in [-0.25, -0.2) is 0 Å². The molecule has 0 unspecified atom stereocenters. The van der Waals surface area contributed by atoms with Crippen molar-refractivity contribution in [1.82, 2.24) is 5.32 Å². The number of phenolic OH excluding ortho intramolecular Hbond substituents is 1. The van der Waals surface area contributed by atoms with Crippen molar-refractivity contribution in [2.24, 2.45) is 0 Å². The van der Waals surface area contributed by atoms with E-state index in [0.717, 1.165) is 25.9 Å². The molecular weight excluding hydrogens is 186 g/mol. The molecule has 82 valence electrons. The minimum atomic E-state index is 0.477. The van der Waals surface area contributed by atoms with Gasteiger partial charge < -0.3 is 10.4 Å². The molecule has 0 saturated carbocycles. The summed E-state index contributed by atoms with van der Waals surface area (Å²) in [5, 5.41) is 13.3. The van der Waals surface area contributed by atoms with E-state index >= 15 is 0 Å². The van der Waals surface area contributed by atoms with Gasteiger partial charge in [0.05, 0.1) is 0 Å². The third-order valence-corrected chi connectivity index (χ3v) is 3.51. The third-order valence-electron chi connectivity index (χ3n) is 3.51. The largest absolute Gasteiger partial charge is 0.508 e. The fraction of sp³-hybridized carbons (Fsp3) is 0.538. The second-order valence-electron chi connectivity index (χ2n) is 4.46. The van der Waals surface area contributed by atoms with Crippen LogP contribution in [-0.4, -0.2) is 18.2 Å². The van der Waals surface area contributed by atoms with Crippen molar-refractivity contribution in [3.05, 3.63) is 28.8 Å². The van der Waals surface area contributed by atoms with Gasteiger partial charge in [0.1, 0.15) is 5.75 Å². The van der Waals surface area contributed by atoms with Crippen molar-refractivity contribution in [2.45, 2.75) is 32.6 Å². The normalized spacial score (nSPS) is 18.0. The number of piperidine rings is 1. The van der Waals surface area contributed by atoms with E-state index in [2.05, 4.69) is 19.2 Å². The molecule has 1 heterocycles. The molecule has 1 aliphatic heterocycles. The summed E-state index contributed by atoms with van der Waals surface area (Å²) in [7, 11) is 0.